The van der Waals surface area contributed by atoms with Crippen LogP contribution in [0.25, 0.3) is 0 Å². The zero-order chi connectivity index (χ0) is 21.8. The number of benzene rings is 1. The summed E-state index contributed by atoms with van der Waals surface area (Å²) in [7, 11) is 0. The number of esters is 1. The molecule has 2 heterocycles. The molecule has 1 amide bonds. The van der Waals surface area contributed by atoms with E-state index in [1.807, 2.05) is 19.1 Å². The Bertz CT molecular complexity index is 923. The first-order valence-corrected chi connectivity index (χ1v) is 10.4. The van der Waals surface area contributed by atoms with Crippen molar-refractivity contribution < 1.29 is 14.3 Å². The van der Waals surface area contributed by atoms with E-state index in [4.69, 9.17) is 33.7 Å². The summed E-state index contributed by atoms with van der Waals surface area (Å²) < 4.78 is 4.93. The van der Waals surface area contributed by atoms with E-state index >= 15 is 0 Å². The molecular formula is C21H24Cl2N4O3. The number of rotatable bonds is 5. The van der Waals surface area contributed by atoms with Crippen LogP contribution in [0.2, 0.25) is 10.0 Å². The Kier molecular flexibility index (Phi) is 7.05. The molecule has 3 rings (SSSR count). The minimum absolute atomic E-state index is 0.160. The molecule has 0 radical (unpaired) electrons. The molecule has 0 saturated carbocycles. The zero-order valence-electron chi connectivity index (χ0n) is 16.8. The van der Waals surface area contributed by atoms with Crippen molar-refractivity contribution in [1.82, 2.24) is 9.88 Å². The number of halogens is 2. The fraction of sp³-hybridized carbons (Fsp3) is 0.381. The van der Waals surface area contributed by atoms with E-state index in [0.717, 1.165) is 5.56 Å². The van der Waals surface area contributed by atoms with Crippen LogP contribution in [-0.4, -0.2) is 47.5 Å². The monoisotopic (exact) mass is 450 g/mol. The van der Waals surface area contributed by atoms with Crippen LogP contribution < -0.4 is 10.6 Å². The van der Waals surface area contributed by atoms with Crippen LogP contribution in [0.4, 0.5) is 11.5 Å². The van der Waals surface area contributed by atoms with Crippen LogP contribution >= 0.6 is 23.2 Å². The van der Waals surface area contributed by atoms with Crippen LogP contribution in [-0.2, 0) is 14.3 Å². The van der Waals surface area contributed by atoms with Crippen LogP contribution in [0.1, 0.15) is 31.9 Å². The average molecular weight is 451 g/mol. The smallest absolute Gasteiger partial charge is 0.315 e. The molecule has 2 unspecified atom stereocenters. The van der Waals surface area contributed by atoms with Gasteiger partial charge in [-0.25, -0.2) is 4.98 Å². The van der Waals surface area contributed by atoms with Gasteiger partial charge in [-0.3, -0.25) is 9.59 Å². The summed E-state index contributed by atoms with van der Waals surface area (Å²) in [4.78, 5) is 32.8. The number of carbonyl (C=O) groups excluding carboxylic acids is 2. The summed E-state index contributed by atoms with van der Waals surface area (Å²) in [6.07, 6.45) is 1.27. The highest BCUT2D eigenvalue weighted by Crippen LogP contribution is 2.35. The lowest BCUT2D eigenvalue weighted by Crippen LogP contribution is -2.56. The summed E-state index contributed by atoms with van der Waals surface area (Å²) in [5, 5.41) is 1.07. The topological polar surface area (TPSA) is 88.8 Å². The van der Waals surface area contributed by atoms with Crippen molar-refractivity contribution in [2.45, 2.75) is 32.4 Å². The van der Waals surface area contributed by atoms with Gasteiger partial charge < -0.3 is 20.3 Å². The van der Waals surface area contributed by atoms with Crippen molar-refractivity contribution in [3.8, 4) is 0 Å². The molecular weight excluding hydrogens is 427 g/mol. The Morgan fingerprint density at radius 1 is 1.20 bits per heavy atom. The van der Waals surface area contributed by atoms with Gasteiger partial charge in [0.2, 0.25) is 5.91 Å². The Hall–Kier alpha value is -2.51. The molecule has 7 nitrogen and oxygen atoms in total. The zero-order valence-corrected chi connectivity index (χ0v) is 18.4. The second-order valence-corrected chi connectivity index (χ2v) is 8.04. The number of amides is 1. The molecule has 0 aliphatic carbocycles. The van der Waals surface area contributed by atoms with Gasteiger partial charge in [0.05, 0.1) is 23.4 Å². The first-order valence-electron chi connectivity index (χ1n) is 9.68. The van der Waals surface area contributed by atoms with Crippen molar-refractivity contribution in [3.63, 3.8) is 0 Å². The lowest BCUT2D eigenvalue weighted by atomic mass is 9.99. The molecule has 1 aromatic heterocycles. The van der Waals surface area contributed by atoms with E-state index in [-0.39, 0.29) is 31.0 Å². The molecule has 1 saturated heterocycles. The first-order chi connectivity index (χ1) is 14.3. The fourth-order valence-electron chi connectivity index (χ4n) is 3.65. The molecule has 0 spiro atoms. The van der Waals surface area contributed by atoms with Crippen LogP contribution in [0.5, 0.6) is 0 Å². The summed E-state index contributed by atoms with van der Waals surface area (Å²) in [6.45, 7) is 4.74. The summed E-state index contributed by atoms with van der Waals surface area (Å²) >= 11 is 12.1. The number of carbonyl (C=O) groups is 2. The standard InChI is InChI=1S/C21H24Cl2N4O3/c1-3-30-20(29)9-19(28)26-12-18(14-4-6-15(22)7-5-14)27(11-13(26)2)21-17(24)8-16(23)10-25-21/h4-8,10,13,18H,3,9,11-12,24H2,1-2H3. The Balaban J connectivity index is 1.93. The van der Waals surface area contributed by atoms with E-state index in [2.05, 4.69) is 9.88 Å². The normalized spacial score (nSPS) is 18.9. The lowest BCUT2D eigenvalue weighted by molar-refractivity contribution is -0.149. The number of ether oxygens (including phenoxy) is 1. The molecule has 160 valence electrons. The van der Waals surface area contributed by atoms with Crippen LogP contribution in [0.3, 0.4) is 0 Å². The van der Waals surface area contributed by atoms with Gasteiger partial charge in [0, 0.05) is 30.4 Å². The minimum atomic E-state index is -0.524. The number of pyridine rings is 1. The van der Waals surface area contributed by atoms with Crippen LogP contribution in [0, 0.1) is 0 Å². The predicted molar refractivity (Wildman–Crippen MR) is 118 cm³/mol. The molecule has 9 heteroatoms. The van der Waals surface area contributed by atoms with Crippen molar-refractivity contribution in [1.29, 1.82) is 0 Å². The Morgan fingerprint density at radius 2 is 1.90 bits per heavy atom. The van der Waals surface area contributed by atoms with E-state index in [9.17, 15) is 9.59 Å². The largest absolute Gasteiger partial charge is 0.466 e. The van der Waals surface area contributed by atoms with Gasteiger partial charge in [0.1, 0.15) is 6.42 Å². The van der Waals surface area contributed by atoms with Crippen LogP contribution in [0.15, 0.2) is 36.5 Å². The number of hydrogen-bond acceptors (Lipinski definition) is 6. The third-order valence-electron chi connectivity index (χ3n) is 5.05. The van der Waals surface area contributed by atoms with Crippen molar-refractivity contribution in [2.75, 3.05) is 30.3 Å². The van der Waals surface area contributed by atoms with Gasteiger partial charge in [-0.05, 0) is 37.6 Å². The Labute approximate surface area is 185 Å². The Morgan fingerprint density at radius 3 is 2.53 bits per heavy atom. The van der Waals surface area contributed by atoms with Gasteiger partial charge in [-0.1, -0.05) is 35.3 Å². The minimum Gasteiger partial charge on any atom is -0.466 e. The number of piperazine rings is 1. The molecule has 2 aromatic rings. The second-order valence-electron chi connectivity index (χ2n) is 7.16. The van der Waals surface area contributed by atoms with Crippen molar-refractivity contribution >= 4 is 46.6 Å². The third kappa shape index (κ3) is 4.96. The number of nitrogens with zero attached hydrogens (tertiary/aromatic N) is 3. The molecule has 1 aliphatic heterocycles. The quantitative estimate of drug-likeness (QED) is 0.551. The van der Waals surface area contributed by atoms with E-state index in [0.29, 0.717) is 34.6 Å². The number of anilines is 2. The maximum absolute atomic E-state index is 12.8. The van der Waals surface area contributed by atoms with Gasteiger partial charge in [-0.2, -0.15) is 0 Å². The third-order valence-corrected chi connectivity index (χ3v) is 5.51. The maximum Gasteiger partial charge on any atom is 0.315 e. The highest BCUT2D eigenvalue weighted by molar-refractivity contribution is 6.31. The van der Waals surface area contributed by atoms with E-state index < -0.39 is 5.97 Å². The van der Waals surface area contributed by atoms with Crippen molar-refractivity contribution in [3.05, 3.63) is 52.1 Å². The summed E-state index contributed by atoms with van der Waals surface area (Å²) in [5.41, 5.74) is 7.62. The molecule has 2 atom stereocenters. The lowest BCUT2D eigenvalue weighted by Gasteiger charge is -2.46. The van der Waals surface area contributed by atoms with Gasteiger partial charge in [-0.15, -0.1) is 0 Å². The van der Waals surface area contributed by atoms with Gasteiger partial charge in [0.15, 0.2) is 5.82 Å². The molecule has 1 aromatic carbocycles. The van der Waals surface area contributed by atoms with Crippen molar-refractivity contribution in [2.24, 2.45) is 0 Å². The fourth-order valence-corrected chi connectivity index (χ4v) is 3.94. The summed E-state index contributed by atoms with van der Waals surface area (Å²) in [6, 6.07) is 8.71. The van der Waals surface area contributed by atoms with Gasteiger partial charge in [0.25, 0.3) is 0 Å². The highest BCUT2D eigenvalue weighted by Gasteiger charge is 2.37. The average Bonchev–Trinajstić information content (AvgIpc) is 2.68. The first kappa shape index (κ1) is 22.2. The molecule has 30 heavy (non-hydrogen) atoms. The number of hydrogen-bond donors (Lipinski definition) is 1. The maximum atomic E-state index is 12.8. The second kappa shape index (κ2) is 9.53. The predicted octanol–water partition coefficient (Wildman–Crippen LogP) is 3.70. The molecule has 1 aliphatic rings. The summed E-state index contributed by atoms with van der Waals surface area (Å²) in [5.74, 6) is -0.191. The van der Waals surface area contributed by atoms with E-state index in [1.165, 1.54) is 0 Å². The number of nitrogens with two attached hydrogens (primary N) is 1. The van der Waals surface area contributed by atoms with E-state index in [1.54, 1.807) is 36.2 Å². The SMILES string of the molecule is CCOC(=O)CC(=O)N1CC(c2ccc(Cl)cc2)N(c2ncc(Cl)cc2N)CC1C. The highest BCUT2D eigenvalue weighted by atomic mass is 35.5. The molecule has 0 bridgehead atoms. The number of aromatic nitrogens is 1. The molecule has 1 fully saturated rings. The molecule has 2 N–H and O–H groups in total. The van der Waals surface area contributed by atoms with Gasteiger partial charge >= 0.3 is 5.97 Å². The number of nitrogen functional groups attached to an aromatic ring is 1.